The smallest absolute Gasteiger partial charge is 0.340 e. The molecule has 6 nitrogen and oxygen atoms in total. The van der Waals surface area contributed by atoms with Gasteiger partial charge in [-0.25, -0.2) is 9.78 Å². The van der Waals surface area contributed by atoms with Crippen molar-refractivity contribution in [3.63, 3.8) is 0 Å². The third-order valence-electron chi connectivity index (χ3n) is 3.60. The minimum atomic E-state index is -0.903. The minimum absolute atomic E-state index is 0.187. The molecule has 1 saturated carbocycles. The predicted octanol–water partition coefficient (Wildman–Crippen LogP) is 2.19. The Kier molecular flexibility index (Phi) is 5.26. The molecule has 1 amide bonds. The summed E-state index contributed by atoms with van der Waals surface area (Å²) in [5, 5.41) is 9.89. The zero-order valence-electron chi connectivity index (χ0n) is 13.6. The zero-order valence-corrected chi connectivity index (χ0v) is 14.4. The van der Waals surface area contributed by atoms with Gasteiger partial charge in [0.15, 0.2) is 6.10 Å². The van der Waals surface area contributed by atoms with E-state index in [1.165, 1.54) is 23.6 Å². The average Bonchev–Trinajstić information content (AvgIpc) is 3.37. The van der Waals surface area contributed by atoms with E-state index in [1.54, 1.807) is 20.2 Å². The summed E-state index contributed by atoms with van der Waals surface area (Å²) in [6, 6.07) is 3.66. The Balaban J connectivity index is 2.33. The number of amides is 1. The molecule has 0 aliphatic heterocycles. The monoisotopic (exact) mass is 333 g/mol. The molecule has 0 bridgehead atoms. The Hall–Kier alpha value is -2.07. The van der Waals surface area contributed by atoms with Crippen molar-refractivity contribution in [3.05, 3.63) is 22.9 Å². The van der Waals surface area contributed by atoms with Gasteiger partial charge in [0.25, 0.3) is 5.91 Å². The van der Waals surface area contributed by atoms with E-state index in [4.69, 9.17) is 4.74 Å². The molecular formula is C16H19N3O3S. The van der Waals surface area contributed by atoms with Gasteiger partial charge in [-0.15, -0.1) is 11.8 Å². The number of ether oxygens (including phenoxy) is 1. The molecule has 7 heteroatoms. The number of pyridine rings is 1. The van der Waals surface area contributed by atoms with Gasteiger partial charge in [-0.1, -0.05) is 0 Å². The van der Waals surface area contributed by atoms with Crippen LogP contribution < -0.4 is 0 Å². The summed E-state index contributed by atoms with van der Waals surface area (Å²) in [6.45, 7) is 1.52. The standard InChI is InChI=1S/C16H19N3O3S/c1-9(15(20)19(2)3)22-16(21)11-7-13(10-5-6-10)18-14(23-4)12(11)8-17/h7,9-10H,5-6H2,1-4H3. The highest BCUT2D eigenvalue weighted by atomic mass is 32.2. The lowest BCUT2D eigenvalue weighted by atomic mass is 10.1. The van der Waals surface area contributed by atoms with Crippen molar-refractivity contribution in [2.75, 3.05) is 20.4 Å². The first kappa shape index (κ1) is 17.3. The first-order valence-corrected chi connectivity index (χ1v) is 8.52. The van der Waals surface area contributed by atoms with Crippen LogP contribution >= 0.6 is 11.8 Å². The van der Waals surface area contributed by atoms with E-state index in [1.807, 2.05) is 12.3 Å². The lowest BCUT2D eigenvalue weighted by Crippen LogP contribution is -2.35. The number of hydrogen-bond acceptors (Lipinski definition) is 6. The van der Waals surface area contributed by atoms with E-state index in [0.29, 0.717) is 10.9 Å². The van der Waals surface area contributed by atoms with Gasteiger partial charge in [0.05, 0.1) is 11.1 Å². The number of nitriles is 1. The molecule has 0 spiro atoms. The van der Waals surface area contributed by atoms with Crippen molar-refractivity contribution < 1.29 is 14.3 Å². The Morgan fingerprint density at radius 1 is 1.48 bits per heavy atom. The van der Waals surface area contributed by atoms with E-state index in [0.717, 1.165) is 18.5 Å². The second-order valence-corrected chi connectivity index (χ2v) is 6.44. The molecule has 0 saturated heterocycles. The van der Waals surface area contributed by atoms with Gasteiger partial charge in [0, 0.05) is 25.7 Å². The van der Waals surface area contributed by atoms with Crippen LogP contribution in [-0.4, -0.2) is 48.2 Å². The molecule has 1 atom stereocenters. The maximum atomic E-state index is 12.4. The van der Waals surface area contributed by atoms with Crippen LogP contribution in [0, 0.1) is 11.3 Å². The lowest BCUT2D eigenvalue weighted by Gasteiger charge is -2.18. The molecule has 23 heavy (non-hydrogen) atoms. The SMILES string of the molecule is CSc1nc(C2CC2)cc(C(=O)OC(C)C(=O)N(C)C)c1C#N. The topological polar surface area (TPSA) is 83.3 Å². The highest BCUT2D eigenvalue weighted by molar-refractivity contribution is 7.98. The van der Waals surface area contributed by atoms with E-state index in [-0.39, 0.29) is 17.0 Å². The molecule has 1 unspecified atom stereocenters. The quantitative estimate of drug-likeness (QED) is 0.607. The number of carbonyl (C=O) groups is 2. The summed E-state index contributed by atoms with van der Waals surface area (Å²) < 4.78 is 5.24. The zero-order chi connectivity index (χ0) is 17.1. The van der Waals surface area contributed by atoms with Crippen LogP contribution in [0.2, 0.25) is 0 Å². The highest BCUT2D eigenvalue weighted by Crippen LogP contribution is 2.40. The third-order valence-corrected chi connectivity index (χ3v) is 4.28. The molecule has 1 aromatic heterocycles. The van der Waals surface area contributed by atoms with Crippen molar-refractivity contribution in [2.24, 2.45) is 0 Å². The molecule has 0 aromatic carbocycles. The van der Waals surface area contributed by atoms with Gasteiger partial charge < -0.3 is 9.64 Å². The maximum absolute atomic E-state index is 12.4. The molecule has 2 rings (SSSR count). The van der Waals surface area contributed by atoms with Crippen LogP contribution in [0.5, 0.6) is 0 Å². The summed E-state index contributed by atoms with van der Waals surface area (Å²) in [5.41, 5.74) is 1.20. The van der Waals surface area contributed by atoms with Gasteiger partial charge in [0.1, 0.15) is 11.1 Å². The molecule has 1 heterocycles. The number of aromatic nitrogens is 1. The van der Waals surface area contributed by atoms with Gasteiger partial charge in [-0.2, -0.15) is 5.26 Å². The number of nitrogens with zero attached hydrogens (tertiary/aromatic N) is 3. The van der Waals surface area contributed by atoms with Crippen molar-refractivity contribution in [3.8, 4) is 6.07 Å². The van der Waals surface area contributed by atoms with Crippen LogP contribution in [0.4, 0.5) is 0 Å². The van der Waals surface area contributed by atoms with Crippen LogP contribution in [0.1, 0.15) is 47.3 Å². The minimum Gasteiger partial charge on any atom is -0.449 e. The van der Waals surface area contributed by atoms with Gasteiger partial charge in [-0.05, 0) is 32.1 Å². The van der Waals surface area contributed by atoms with Crippen LogP contribution in [0.25, 0.3) is 0 Å². The van der Waals surface area contributed by atoms with Gasteiger partial charge in [0.2, 0.25) is 0 Å². The fourth-order valence-electron chi connectivity index (χ4n) is 2.18. The second kappa shape index (κ2) is 7.01. The number of thioether (sulfide) groups is 1. The van der Waals surface area contributed by atoms with E-state index in [9.17, 15) is 14.9 Å². The summed E-state index contributed by atoms with van der Waals surface area (Å²) >= 11 is 1.32. The molecule has 0 radical (unpaired) electrons. The second-order valence-electron chi connectivity index (χ2n) is 5.65. The fraction of sp³-hybridized carbons (Fsp3) is 0.500. The molecule has 0 N–H and O–H groups in total. The molecule has 1 fully saturated rings. The molecule has 1 aliphatic rings. The Bertz CT molecular complexity index is 678. The lowest BCUT2D eigenvalue weighted by molar-refractivity contribution is -0.137. The van der Waals surface area contributed by atoms with Crippen molar-refractivity contribution in [2.45, 2.75) is 36.8 Å². The molecular weight excluding hydrogens is 314 g/mol. The van der Waals surface area contributed by atoms with Crippen molar-refractivity contribution in [1.82, 2.24) is 9.88 Å². The number of hydrogen-bond donors (Lipinski definition) is 0. The van der Waals surface area contributed by atoms with Crippen LogP contribution in [0.3, 0.4) is 0 Å². The fourth-order valence-corrected chi connectivity index (χ4v) is 2.74. The maximum Gasteiger partial charge on any atom is 0.340 e. The molecule has 122 valence electrons. The summed E-state index contributed by atoms with van der Waals surface area (Å²) in [5.74, 6) is -0.622. The summed E-state index contributed by atoms with van der Waals surface area (Å²) in [7, 11) is 3.19. The Labute approximate surface area is 139 Å². The summed E-state index contributed by atoms with van der Waals surface area (Å²) in [4.78, 5) is 30.1. The van der Waals surface area contributed by atoms with Crippen LogP contribution in [0.15, 0.2) is 11.1 Å². The number of rotatable bonds is 5. The Morgan fingerprint density at radius 3 is 2.61 bits per heavy atom. The third kappa shape index (κ3) is 3.82. The Morgan fingerprint density at radius 2 is 2.13 bits per heavy atom. The highest BCUT2D eigenvalue weighted by Gasteiger charge is 2.30. The van der Waals surface area contributed by atoms with E-state index >= 15 is 0 Å². The van der Waals surface area contributed by atoms with Crippen molar-refractivity contribution in [1.29, 1.82) is 5.26 Å². The molecule has 1 aromatic rings. The van der Waals surface area contributed by atoms with Crippen molar-refractivity contribution >= 4 is 23.6 Å². The van der Waals surface area contributed by atoms with E-state index in [2.05, 4.69) is 4.98 Å². The first-order chi connectivity index (χ1) is 10.9. The van der Waals surface area contributed by atoms with Crippen LogP contribution in [-0.2, 0) is 9.53 Å². The van der Waals surface area contributed by atoms with Gasteiger partial charge >= 0.3 is 5.97 Å². The van der Waals surface area contributed by atoms with Gasteiger partial charge in [-0.3, -0.25) is 4.79 Å². The number of carbonyl (C=O) groups excluding carboxylic acids is 2. The summed E-state index contributed by atoms with van der Waals surface area (Å²) in [6.07, 6.45) is 2.99. The molecule has 1 aliphatic carbocycles. The first-order valence-electron chi connectivity index (χ1n) is 7.30. The normalized spacial score (nSPS) is 14.7. The predicted molar refractivity (Wildman–Crippen MR) is 86.3 cm³/mol. The van der Waals surface area contributed by atoms with E-state index < -0.39 is 12.1 Å². The largest absolute Gasteiger partial charge is 0.449 e. The number of likely N-dealkylation sites (N-methyl/N-ethyl adjacent to an activating group) is 1. The number of esters is 1. The average molecular weight is 333 g/mol.